The van der Waals surface area contributed by atoms with Gasteiger partial charge in [0.15, 0.2) is 0 Å². The van der Waals surface area contributed by atoms with E-state index < -0.39 is 5.54 Å². The molecule has 136 valence electrons. The van der Waals surface area contributed by atoms with E-state index in [1.165, 1.54) is 0 Å². The number of nitrogens with two attached hydrogens (primary N) is 1. The molecule has 0 bridgehead atoms. The molecule has 1 fully saturated rings. The molecule has 1 aliphatic rings. The van der Waals surface area contributed by atoms with Crippen LogP contribution >= 0.6 is 24.8 Å². The Labute approximate surface area is 155 Å². The molecule has 0 unspecified atom stereocenters. The van der Waals surface area contributed by atoms with Crippen LogP contribution in [0, 0.1) is 0 Å². The van der Waals surface area contributed by atoms with Gasteiger partial charge in [-0.3, -0.25) is 9.59 Å². The van der Waals surface area contributed by atoms with E-state index in [1.807, 2.05) is 31.1 Å². The number of nitrogens with one attached hydrogen (secondary N) is 2. The van der Waals surface area contributed by atoms with Crippen molar-refractivity contribution >= 4 is 36.6 Å². The first-order chi connectivity index (χ1) is 10.4. The highest BCUT2D eigenvalue weighted by Gasteiger charge is 2.45. The van der Waals surface area contributed by atoms with Gasteiger partial charge in [0.2, 0.25) is 5.91 Å². The molecule has 2 amide bonds. The maximum absolute atomic E-state index is 11.9. The van der Waals surface area contributed by atoms with Gasteiger partial charge in [-0.25, -0.2) is 0 Å². The number of hydrogen-bond acceptors (Lipinski definition) is 4. The molecule has 0 atom stereocenters. The molecule has 1 aromatic carbocycles. The first-order valence-electron chi connectivity index (χ1n) is 7.50. The minimum atomic E-state index is -0.647. The summed E-state index contributed by atoms with van der Waals surface area (Å²) in [5, 5.41) is 5.69. The Morgan fingerprint density at radius 2 is 1.71 bits per heavy atom. The summed E-state index contributed by atoms with van der Waals surface area (Å²) in [5.74, 6) is -0.186. The number of likely N-dealkylation sites (N-methyl/N-ethyl adjacent to an activating group) is 1. The standard InChI is InChI=1S/C16H24N4O2.2ClH/c1-20(2)10-9-18-14(21)13-5-3-12(4-6-13)11-19-15(22)16(17)7-8-16;;/h3-6H,7-11,17H2,1-2H3,(H,18,21)(H,19,22);2*1H. The van der Waals surface area contributed by atoms with Gasteiger partial charge in [0.1, 0.15) is 0 Å². The fourth-order valence-electron chi connectivity index (χ4n) is 1.99. The van der Waals surface area contributed by atoms with Crippen LogP contribution in [0.4, 0.5) is 0 Å². The molecule has 4 N–H and O–H groups in total. The summed E-state index contributed by atoms with van der Waals surface area (Å²) in [7, 11) is 3.92. The van der Waals surface area contributed by atoms with Crippen LogP contribution in [-0.2, 0) is 11.3 Å². The second kappa shape index (κ2) is 9.84. The lowest BCUT2D eigenvalue weighted by molar-refractivity contribution is -0.123. The van der Waals surface area contributed by atoms with Crippen molar-refractivity contribution in [3.63, 3.8) is 0 Å². The van der Waals surface area contributed by atoms with Crippen LogP contribution in [-0.4, -0.2) is 49.4 Å². The Kier molecular flexibility index (Phi) is 9.29. The Morgan fingerprint density at radius 3 is 2.21 bits per heavy atom. The Morgan fingerprint density at radius 1 is 1.12 bits per heavy atom. The minimum absolute atomic E-state index is 0. The van der Waals surface area contributed by atoms with Crippen molar-refractivity contribution in [1.29, 1.82) is 0 Å². The van der Waals surface area contributed by atoms with Gasteiger partial charge >= 0.3 is 0 Å². The third-order valence-corrected chi connectivity index (χ3v) is 3.75. The van der Waals surface area contributed by atoms with Crippen molar-refractivity contribution in [1.82, 2.24) is 15.5 Å². The normalized spacial score (nSPS) is 14.2. The average Bonchev–Trinajstić information content (AvgIpc) is 3.24. The molecule has 0 aromatic heterocycles. The van der Waals surface area contributed by atoms with Crippen LogP contribution in [0.1, 0.15) is 28.8 Å². The molecular formula is C16H26Cl2N4O2. The number of carbonyl (C=O) groups is 2. The van der Waals surface area contributed by atoms with Crippen LogP contribution in [0.3, 0.4) is 0 Å². The zero-order valence-electron chi connectivity index (χ0n) is 14.0. The van der Waals surface area contributed by atoms with E-state index >= 15 is 0 Å². The highest BCUT2D eigenvalue weighted by molar-refractivity contribution is 5.94. The van der Waals surface area contributed by atoms with E-state index in [9.17, 15) is 9.59 Å². The number of nitrogens with zero attached hydrogens (tertiary/aromatic N) is 1. The predicted octanol–water partition coefficient (Wildman–Crippen LogP) is 0.929. The van der Waals surface area contributed by atoms with Crippen LogP contribution < -0.4 is 16.4 Å². The Balaban J connectivity index is 0.00000264. The SMILES string of the molecule is CN(C)CCNC(=O)c1ccc(CNC(=O)C2(N)CC2)cc1.Cl.Cl. The van der Waals surface area contributed by atoms with E-state index in [0.717, 1.165) is 24.9 Å². The van der Waals surface area contributed by atoms with Crippen molar-refractivity contribution in [3.05, 3.63) is 35.4 Å². The van der Waals surface area contributed by atoms with Crippen molar-refractivity contribution < 1.29 is 9.59 Å². The lowest BCUT2D eigenvalue weighted by Crippen LogP contribution is -2.42. The number of hydrogen-bond donors (Lipinski definition) is 3. The third-order valence-electron chi connectivity index (χ3n) is 3.75. The van der Waals surface area contributed by atoms with Gasteiger partial charge in [0, 0.05) is 25.2 Å². The number of benzene rings is 1. The monoisotopic (exact) mass is 376 g/mol. The average molecular weight is 377 g/mol. The van der Waals surface area contributed by atoms with Gasteiger partial charge in [-0.15, -0.1) is 24.8 Å². The molecule has 1 saturated carbocycles. The molecule has 0 radical (unpaired) electrons. The van der Waals surface area contributed by atoms with E-state index in [1.54, 1.807) is 12.1 Å². The number of amides is 2. The Hall–Kier alpha value is -1.34. The highest BCUT2D eigenvalue weighted by atomic mass is 35.5. The fourth-order valence-corrected chi connectivity index (χ4v) is 1.99. The molecule has 0 aliphatic heterocycles. The zero-order chi connectivity index (χ0) is 16.2. The zero-order valence-corrected chi connectivity index (χ0v) is 15.6. The van der Waals surface area contributed by atoms with E-state index in [-0.39, 0.29) is 36.6 Å². The summed E-state index contributed by atoms with van der Waals surface area (Å²) in [4.78, 5) is 25.7. The summed E-state index contributed by atoms with van der Waals surface area (Å²) in [6.45, 7) is 1.85. The van der Waals surface area contributed by atoms with E-state index in [4.69, 9.17) is 5.73 Å². The molecule has 8 heteroatoms. The van der Waals surface area contributed by atoms with Crippen LogP contribution in [0.5, 0.6) is 0 Å². The third kappa shape index (κ3) is 6.65. The van der Waals surface area contributed by atoms with Gasteiger partial charge in [0.05, 0.1) is 5.54 Å². The number of halogens is 2. The Bertz CT molecular complexity index is 546. The van der Waals surface area contributed by atoms with E-state index in [0.29, 0.717) is 18.7 Å². The summed E-state index contributed by atoms with van der Waals surface area (Å²) in [5.41, 5.74) is 6.73. The molecular weight excluding hydrogens is 351 g/mol. The summed E-state index contributed by atoms with van der Waals surface area (Å²) in [6, 6.07) is 7.22. The quantitative estimate of drug-likeness (QED) is 0.660. The van der Waals surface area contributed by atoms with Crippen LogP contribution in [0.25, 0.3) is 0 Å². The van der Waals surface area contributed by atoms with Crippen molar-refractivity contribution in [2.75, 3.05) is 27.2 Å². The second-order valence-electron chi connectivity index (χ2n) is 6.09. The topological polar surface area (TPSA) is 87.5 Å². The summed E-state index contributed by atoms with van der Waals surface area (Å²) in [6.07, 6.45) is 1.51. The van der Waals surface area contributed by atoms with Crippen LogP contribution in [0.15, 0.2) is 24.3 Å². The van der Waals surface area contributed by atoms with Gasteiger partial charge in [-0.1, -0.05) is 12.1 Å². The number of rotatable bonds is 7. The summed E-state index contributed by atoms with van der Waals surface area (Å²) >= 11 is 0. The first kappa shape index (κ1) is 22.7. The number of carbonyl (C=O) groups excluding carboxylic acids is 2. The second-order valence-corrected chi connectivity index (χ2v) is 6.09. The molecule has 1 aliphatic carbocycles. The van der Waals surface area contributed by atoms with Gasteiger partial charge in [0.25, 0.3) is 5.91 Å². The largest absolute Gasteiger partial charge is 0.351 e. The lowest BCUT2D eigenvalue weighted by Gasteiger charge is -2.11. The van der Waals surface area contributed by atoms with Gasteiger partial charge < -0.3 is 21.3 Å². The van der Waals surface area contributed by atoms with Gasteiger partial charge in [-0.2, -0.15) is 0 Å². The van der Waals surface area contributed by atoms with Crippen LogP contribution in [0.2, 0.25) is 0 Å². The fraction of sp³-hybridized carbons (Fsp3) is 0.500. The maximum Gasteiger partial charge on any atom is 0.251 e. The van der Waals surface area contributed by atoms with Crippen molar-refractivity contribution in [3.8, 4) is 0 Å². The van der Waals surface area contributed by atoms with E-state index in [2.05, 4.69) is 10.6 Å². The minimum Gasteiger partial charge on any atom is -0.351 e. The summed E-state index contributed by atoms with van der Waals surface area (Å²) < 4.78 is 0. The lowest BCUT2D eigenvalue weighted by atomic mass is 10.1. The van der Waals surface area contributed by atoms with Crippen molar-refractivity contribution in [2.24, 2.45) is 5.73 Å². The van der Waals surface area contributed by atoms with Crippen molar-refractivity contribution in [2.45, 2.75) is 24.9 Å². The smallest absolute Gasteiger partial charge is 0.251 e. The highest BCUT2D eigenvalue weighted by Crippen LogP contribution is 2.32. The molecule has 0 saturated heterocycles. The molecule has 0 heterocycles. The predicted molar refractivity (Wildman–Crippen MR) is 99.8 cm³/mol. The first-order valence-corrected chi connectivity index (χ1v) is 7.50. The van der Waals surface area contributed by atoms with Gasteiger partial charge in [-0.05, 0) is 44.6 Å². The molecule has 6 nitrogen and oxygen atoms in total. The molecule has 24 heavy (non-hydrogen) atoms. The molecule has 2 rings (SSSR count). The molecule has 0 spiro atoms. The maximum atomic E-state index is 11.9. The molecule has 1 aromatic rings.